The van der Waals surface area contributed by atoms with E-state index in [4.69, 9.17) is 0 Å². The van der Waals surface area contributed by atoms with Gasteiger partial charge in [-0.05, 0) is 61.1 Å². The molecule has 0 saturated carbocycles. The third kappa shape index (κ3) is 4.52. The first kappa shape index (κ1) is 20.9. The molecule has 4 rings (SSSR count). The largest absolute Gasteiger partial charge is 0.356 e. The van der Waals surface area contributed by atoms with Gasteiger partial charge in [0.1, 0.15) is 0 Å². The van der Waals surface area contributed by atoms with Gasteiger partial charge in [0.15, 0.2) is 9.84 Å². The number of aryl methyl sites for hydroxylation is 3. The molecule has 0 fully saturated rings. The monoisotopic (exact) mass is 422 g/mol. The van der Waals surface area contributed by atoms with Crippen molar-refractivity contribution in [2.24, 2.45) is 7.05 Å². The van der Waals surface area contributed by atoms with Crippen LogP contribution < -0.4 is 5.32 Å². The maximum atomic E-state index is 12.7. The molecule has 1 aromatic heterocycles. The van der Waals surface area contributed by atoms with Crippen LogP contribution in [-0.2, 0) is 36.1 Å². The summed E-state index contributed by atoms with van der Waals surface area (Å²) in [5, 5.41) is 3.52. The summed E-state index contributed by atoms with van der Waals surface area (Å²) in [5.74, 6) is 0.529. The highest BCUT2D eigenvalue weighted by Gasteiger charge is 2.29. The van der Waals surface area contributed by atoms with Crippen molar-refractivity contribution in [1.82, 2.24) is 9.88 Å². The Morgan fingerprint density at radius 1 is 1.07 bits per heavy atom. The second-order valence-electron chi connectivity index (χ2n) is 8.34. The summed E-state index contributed by atoms with van der Waals surface area (Å²) in [4.78, 5) is 0.403. The maximum Gasteiger partial charge on any atom is 0.180 e. The van der Waals surface area contributed by atoms with Gasteiger partial charge in [0.2, 0.25) is 0 Å². The van der Waals surface area contributed by atoms with Crippen molar-refractivity contribution in [1.29, 1.82) is 0 Å². The lowest BCUT2D eigenvalue weighted by Gasteiger charge is -2.34. The Hall–Kier alpha value is -2.37. The van der Waals surface area contributed by atoms with Gasteiger partial charge in [-0.2, -0.15) is 0 Å². The van der Waals surface area contributed by atoms with E-state index >= 15 is 0 Å². The number of likely N-dealkylation sites (N-methyl/N-ethyl adjacent to an activating group) is 1. The third-order valence-electron chi connectivity index (χ3n) is 6.31. The zero-order valence-corrected chi connectivity index (χ0v) is 18.5. The lowest BCUT2D eigenvalue weighted by Crippen LogP contribution is -2.37. The summed E-state index contributed by atoms with van der Waals surface area (Å²) >= 11 is 0. The van der Waals surface area contributed by atoms with Crippen LogP contribution >= 0.6 is 0 Å². The molecule has 2 aromatic carbocycles. The number of hydrogen-bond donors (Lipinski definition) is 1. The molecule has 0 saturated heterocycles. The van der Waals surface area contributed by atoms with Gasteiger partial charge in [0, 0.05) is 31.4 Å². The van der Waals surface area contributed by atoms with Crippen LogP contribution in [0.1, 0.15) is 34.6 Å². The van der Waals surface area contributed by atoms with Gasteiger partial charge < -0.3 is 9.88 Å². The van der Waals surface area contributed by atoms with Crippen LogP contribution in [0.25, 0.3) is 0 Å². The van der Waals surface area contributed by atoms with Gasteiger partial charge in [0.05, 0.1) is 10.6 Å². The zero-order valence-electron chi connectivity index (χ0n) is 17.7. The minimum Gasteiger partial charge on any atom is -0.356 e. The number of rotatable bonds is 7. The number of fused-ring (bicyclic) bond motifs is 1. The minimum absolute atomic E-state index is 0.134. The minimum atomic E-state index is -3.27. The fraction of sp³-hybridized carbons (Fsp3) is 0.360. The Bertz CT molecular complexity index is 1100. The van der Waals surface area contributed by atoms with E-state index in [1.165, 1.54) is 16.7 Å². The number of aromatic nitrogens is 1. The van der Waals surface area contributed by atoms with E-state index in [0.29, 0.717) is 23.3 Å². The molecule has 1 heterocycles. The fourth-order valence-electron chi connectivity index (χ4n) is 4.60. The topological polar surface area (TPSA) is 51.1 Å². The standard InChI is InChI=1S/C25H30N2O2S/c1-26-25-11-10-21-9-8-20(13-15-30(28,29)22-12-14-27(2)18-22)16-23(21)24(25)17-19-6-4-3-5-7-19/h3-9,12,14,16,18,24-26H,10-11,13,15,17H2,1-2H3. The second kappa shape index (κ2) is 8.78. The van der Waals surface area contributed by atoms with Crippen molar-refractivity contribution in [3.63, 3.8) is 0 Å². The molecule has 0 aliphatic heterocycles. The van der Waals surface area contributed by atoms with Crippen molar-refractivity contribution < 1.29 is 8.42 Å². The van der Waals surface area contributed by atoms with Crippen molar-refractivity contribution in [2.45, 2.75) is 42.5 Å². The highest BCUT2D eigenvalue weighted by atomic mass is 32.2. The van der Waals surface area contributed by atoms with E-state index < -0.39 is 9.84 Å². The van der Waals surface area contributed by atoms with Gasteiger partial charge in [-0.15, -0.1) is 0 Å². The molecule has 0 radical (unpaired) electrons. The van der Waals surface area contributed by atoms with Crippen molar-refractivity contribution in [3.8, 4) is 0 Å². The molecule has 2 unspecified atom stereocenters. The fourth-order valence-corrected chi connectivity index (χ4v) is 5.93. The Labute approximate surface area is 179 Å². The van der Waals surface area contributed by atoms with E-state index in [0.717, 1.165) is 24.8 Å². The normalized spacial score (nSPS) is 18.9. The maximum absolute atomic E-state index is 12.7. The van der Waals surface area contributed by atoms with E-state index in [2.05, 4.69) is 53.8 Å². The lowest BCUT2D eigenvalue weighted by molar-refractivity contribution is 0.409. The first-order valence-corrected chi connectivity index (χ1v) is 12.3. The van der Waals surface area contributed by atoms with E-state index in [1.807, 2.05) is 14.1 Å². The number of hydrogen-bond acceptors (Lipinski definition) is 3. The van der Waals surface area contributed by atoms with Gasteiger partial charge in [0.25, 0.3) is 0 Å². The summed E-state index contributed by atoms with van der Waals surface area (Å²) in [6, 6.07) is 19.3. The first-order chi connectivity index (χ1) is 14.5. The molecular weight excluding hydrogens is 392 g/mol. The molecule has 30 heavy (non-hydrogen) atoms. The lowest BCUT2D eigenvalue weighted by atomic mass is 9.75. The molecule has 1 N–H and O–H groups in total. The Balaban J connectivity index is 1.57. The summed E-state index contributed by atoms with van der Waals surface area (Å²) in [6.45, 7) is 0. The van der Waals surface area contributed by atoms with Crippen LogP contribution in [0, 0.1) is 0 Å². The quantitative estimate of drug-likeness (QED) is 0.628. The van der Waals surface area contributed by atoms with E-state index in [9.17, 15) is 8.42 Å². The van der Waals surface area contributed by atoms with Crippen LogP contribution in [0.3, 0.4) is 0 Å². The second-order valence-corrected chi connectivity index (χ2v) is 10.5. The Kier molecular flexibility index (Phi) is 6.11. The van der Waals surface area contributed by atoms with Crippen LogP contribution in [0.4, 0.5) is 0 Å². The SMILES string of the molecule is CNC1CCc2ccc(CCS(=O)(=O)c3ccn(C)c3)cc2C1Cc1ccccc1. The van der Waals surface area contributed by atoms with Gasteiger partial charge in [-0.1, -0.05) is 48.5 Å². The van der Waals surface area contributed by atoms with Gasteiger partial charge >= 0.3 is 0 Å². The average Bonchev–Trinajstić information content (AvgIpc) is 3.21. The molecule has 1 aliphatic carbocycles. The van der Waals surface area contributed by atoms with E-state index in [-0.39, 0.29) is 5.75 Å². The highest BCUT2D eigenvalue weighted by Crippen LogP contribution is 2.35. The predicted octanol–water partition coefficient (Wildman–Crippen LogP) is 3.90. The molecule has 0 bridgehead atoms. The average molecular weight is 423 g/mol. The molecule has 0 amide bonds. The number of nitrogens with one attached hydrogen (secondary N) is 1. The van der Waals surface area contributed by atoms with Gasteiger partial charge in [-0.3, -0.25) is 0 Å². The number of benzene rings is 2. The molecule has 2 atom stereocenters. The molecule has 0 spiro atoms. The molecule has 4 nitrogen and oxygen atoms in total. The number of nitrogens with zero attached hydrogens (tertiary/aromatic N) is 1. The first-order valence-electron chi connectivity index (χ1n) is 10.6. The Morgan fingerprint density at radius 2 is 1.87 bits per heavy atom. The predicted molar refractivity (Wildman–Crippen MR) is 122 cm³/mol. The van der Waals surface area contributed by atoms with Crippen molar-refractivity contribution >= 4 is 9.84 Å². The summed E-state index contributed by atoms with van der Waals surface area (Å²) < 4.78 is 27.2. The molecule has 3 aromatic rings. The van der Waals surface area contributed by atoms with Crippen LogP contribution in [0.5, 0.6) is 0 Å². The Morgan fingerprint density at radius 3 is 2.57 bits per heavy atom. The molecule has 1 aliphatic rings. The van der Waals surface area contributed by atoms with E-state index in [1.54, 1.807) is 23.0 Å². The smallest absolute Gasteiger partial charge is 0.180 e. The van der Waals surface area contributed by atoms with Crippen molar-refractivity contribution in [2.75, 3.05) is 12.8 Å². The van der Waals surface area contributed by atoms with Crippen molar-refractivity contribution in [3.05, 3.63) is 89.2 Å². The number of sulfone groups is 1. The molecular formula is C25H30N2O2S. The highest BCUT2D eigenvalue weighted by molar-refractivity contribution is 7.91. The van der Waals surface area contributed by atoms with Gasteiger partial charge in [-0.25, -0.2) is 8.42 Å². The summed E-state index contributed by atoms with van der Waals surface area (Å²) in [5.41, 5.74) is 5.21. The zero-order chi connectivity index (χ0) is 21.1. The summed E-state index contributed by atoms with van der Waals surface area (Å²) in [7, 11) is 0.617. The van der Waals surface area contributed by atoms with Crippen LogP contribution in [-0.4, -0.2) is 31.8 Å². The van der Waals surface area contributed by atoms with Crippen LogP contribution in [0.15, 0.2) is 71.9 Å². The molecule has 5 heteroatoms. The van der Waals surface area contributed by atoms with Crippen LogP contribution in [0.2, 0.25) is 0 Å². The molecule has 158 valence electrons. The third-order valence-corrected chi connectivity index (χ3v) is 8.01. The summed E-state index contributed by atoms with van der Waals surface area (Å²) in [6.07, 6.45) is 7.17.